The van der Waals surface area contributed by atoms with Gasteiger partial charge in [0.25, 0.3) is 0 Å². The molecular weight excluding hydrogens is 452 g/mol. The smallest absolute Gasteiger partial charge is 0.248 e. The molecule has 0 radical (unpaired) electrons. The molecule has 4 rings (SSSR count). The van der Waals surface area contributed by atoms with Crippen LogP contribution in [0, 0.1) is 0 Å². The summed E-state index contributed by atoms with van der Waals surface area (Å²) in [6, 6.07) is 12.2. The van der Waals surface area contributed by atoms with Gasteiger partial charge in [0, 0.05) is 36.5 Å². The van der Waals surface area contributed by atoms with E-state index in [1.807, 2.05) is 6.07 Å². The van der Waals surface area contributed by atoms with Gasteiger partial charge < -0.3 is 25.3 Å². The van der Waals surface area contributed by atoms with E-state index in [-0.39, 0.29) is 0 Å². The number of aromatic amines is 1. The lowest BCUT2D eigenvalue weighted by Gasteiger charge is -2.16. The van der Waals surface area contributed by atoms with Gasteiger partial charge >= 0.3 is 0 Å². The van der Waals surface area contributed by atoms with Crippen LogP contribution in [0.15, 0.2) is 48.8 Å². The molecule has 0 spiro atoms. The minimum absolute atomic E-state index is 0.314. The van der Waals surface area contributed by atoms with Gasteiger partial charge in [-0.05, 0) is 17.7 Å². The van der Waals surface area contributed by atoms with Gasteiger partial charge in [0.05, 0.1) is 27.0 Å². The van der Waals surface area contributed by atoms with Crippen LogP contribution in [0.25, 0.3) is 11.3 Å². The molecule has 0 aliphatic carbocycles. The van der Waals surface area contributed by atoms with Crippen molar-refractivity contribution in [3.05, 3.63) is 54.4 Å². The maximum Gasteiger partial charge on any atom is 0.248 e. The Morgan fingerprint density at radius 1 is 1.00 bits per heavy atom. The molecule has 4 aromatic rings. The number of H-pyrrole nitrogens is 1. The van der Waals surface area contributed by atoms with Crippen molar-refractivity contribution in [1.82, 2.24) is 25.1 Å². The maximum atomic E-state index is 11.3. The molecule has 12 heteroatoms. The van der Waals surface area contributed by atoms with E-state index in [1.54, 1.807) is 62.6 Å². The quantitative estimate of drug-likeness (QED) is 0.328. The van der Waals surface area contributed by atoms with Crippen LogP contribution in [-0.2, 0) is 0 Å². The Morgan fingerprint density at radius 3 is 2.29 bits per heavy atom. The molecule has 0 aliphatic heterocycles. The number of ether oxygens (including phenoxy) is 3. The number of nitrogens with zero attached hydrogens (tertiary/aromatic N) is 5. The van der Waals surface area contributed by atoms with Gasteiger partial charge in [0.1, 0.15) is 6.33 Å². The zero-order valence-electron chi connectivity index (χ0n) is 19.6. The fraction of sp³-hybridized carbons (Fsp3) is 0.174. The van der Waals surface area contributed by atoms with Crippen LogP contribution in [0.4, 0.5) is 23.4 Å². The number of anilines is 4. The first-order valence-corrected chi connectivity index (χ1v) is 10.4. The molecule has 180 valence electrons. The Morgan fingerprint density at radius 2 is 1.69 bits per heavy atom. The fourth-order valence-corrected chi connectivity index (χ4v) is 3.34. The molecule has 0 fully saturated rings. The van der Waals surface area contributed by atoms with Crippen molar-refractivity contribution in [1.29, 1.82) is 0 Å². The summed E-state index contributed by atoms with van der Waals surface area (Å²) < 4.78 is 16.1. The third kappa shape index (κ3) is 4.90. The Labute approximate surface area is 201 Å². The highest BCUT2D eigenvalue weighted by atomic mass is 16.5. The van der Waals surface area contributed by atoms with Crippen molar-refractivity contribution in [3.8, 4) is 28.5 Å². The van der Waals surface area contributed by atoms with E-state index >= 15 is 0 Å². The summed E-state index contributed by atoms with van der Waals surface area (Å²) in [5, 5.41) is 10.5. The van der Waals surface area contributed by atoms with Gasteiger partial charge in [0.2, 0.25) is 23.6 Å². The first-order valence-electron chi connectivity index (χ1n) is 10.4. The number of hydrogen-bond acceptors (Lipinski definition) is 10. The van der Waals surface area contributed by atoms with Gasteiger partial charge in [-0.1, -0.05) is 12.1 Å². The Bertz CT molecular complexity index is 1310. The second-order valence-corrected chi connectivity index (χ2v) is 7.29. The maximum absolute atomic E-state index is 11.3. The molecule has 35 heavy (non-hydrogen) atoms. The lowest BCUT2D eigenvalue weighted by molar-refractivity contribution is 0.100. The number of aromatic nitrogens is 5. The van der Waals surface area contributed by atoms with Gasteiger partial charge in [-0.3, -0.25) is 14.8 Å². The number of nitrogens with two attached hydrogens (primary N) is 1. The molecule has 2 aromatic carbocycles. The van der Waals surface area contributed by atoms with Crippen LogP contribution in [0.1, 0.15) is 10.4 Å². The molecular formula is C23H24N8O4. The summed E-state index contributed by atoms with van der Waals surface area (Å²) in [4.78, 5) is 25.9. The monoisotopic (exact) mass is 476 g/mol. The number of primary amides is 1. The Balaban J connectivity index is 1.55. The second-order valence-electron chi connectivity index (χ2n) is 7.29. The van der Waals surface area contributed by atoms with Crippen LogP contribution in [-0.4, -0.2) is 59.4 Å². The molecule has 0 atom stereocenters. The third-order valence-corrected chi connectivity index (χ3v) is 5.17. The molecule has 2 aromatic heterocycles. The highest BCUT2D eigenvalue weighted by Gasteiger charge is 2.16. The number of carbonyl (C=O) groups is 1. The van der Waals surface area contributed by atoms with E-state index in [1.165, 1.54) is 13.4 Å². The van der Waals surface area contributed by atoms with Crippen molar-refractivity contribution in [2.45, 2.75) is 0 Å². The van der Waals surface area contributed by atoms with Crippen LogP contribution in [0.3, 0.4) is 0 Å². The van der Waals surface area contributed by atoms with E-state index in [0.717, 1.165) is 11.3 Å². The zero-order valence-corrected chi connectivity index (χ0v) is 19.6. The van der Waals surface area contributed by atoms with Crippen LogP contribution in [0.5, 0.6) is 17.2 Å². The number of benzene rings is 2. The van der Waals surface area contributed by atoms with Crippen molar-refractivity contribution >= 4 is 29.3 Å². The predicted molar refractivity (Wildman–Crippen MR) is 130 cm³/mol. The summed E-state index contributed by atoms with van der Waals surface area (Å²) in [5.74, 6) is 2.26. The summed E-state index contributed by atoms with van der Waals surface area (Å²) in [6.45, 7) is 0. The van der Waals surface area contributed by atoms with E-state index in [9.17, 15) is 4.79 Å². The Kier molecular flexibility index (Phi) is 6.62. The summed E-state index contributed by atoms with van der Waals surface area (Å²) in [6.07, 6.45) is 1.40. The number of nitrogens with one attached hydrogen (secondary N) is 2. The van der Waals surface area contributed by atoms with E-state index in [0.29, 0.717) is 46.2 Å². The molecule has 1 amide bonds. The lowest BCUT2D eigenvalue weighted by atomic mass is 10.1. The normalized spacial score (nSPS) is 10.5. The van der Waals surface area contributed by atoms with Gasteiger partial charge in [-0.2, -0.15) is 10.1 Å². The van der Waals surface area contributed by atoms with Crippen LogP contribution < -0.4 is 30.2 Å². The van der Waals surface area contributed by atoms with Crippen molar-refractivity contribution in [3.63, 3.8) is 0 Å². The summed E-state index contributed by atoms with van der Waals surface area (Å²) in [7, 11) is 6.41. The molecule has 0 bridgehead atoms. The minimum Gasteiger partial charge on any atom is -0.493 e. The molecule has 0 aliphatic rings. The lowest BCUT2D eigenvalue weighted by Crippen LogP contribution is -2.14. The number of hydrogen-bond donors (Lipinski definition) is 3. The largest absolute Gasteiger partial charge is 0.493 e. The van der Waals surface area contributed by atoms with E-state index in [2.05, 4.69) is 30.5 Å². The van der Waals surface area contributed by atoms with Crippen molar-refractivity contribution in [2.24, 2.45) is 5.73 Å². The number of carbonyl (C=O) groups excluding carboxylic acids is 1. The van der Waals surface area contributed by atoms with Crippen molar-refractivity contribution in [2.75, 3.05) is 38.6 Å². The number of amides is 1. The molecule has 4 N–H and O–H groups in total. The van der Waals surface area contributed by atoms with E-state index < -0.39 is 5.91 Å². The standard InChI is InChI=1S/C23H24N8O4/c1-31(19-11-16(29-30-19)13-5-7-14(8-6-13)21(24)32)23-26-12-25-22(28-23)27-15-9-17(33-2)20(35-4)18(10-15)34-3/h5-12H,1-4H3,(H2,24,32)(H,29,30)(H,25,26,27,28). The Hall–Kier alpha value is -4.87. The predicted octanol–water partition coefficient (Wildman–Crippen LogP) is 2.90. The number of rotatable bonds is 9. The van der Waals surface area contributed by atoms with E-state index in [4.69, 9.17) is 19.9 Å². The fourth-order valence-electron chi connectivity index (χ4n) is 3.34. The summed E-state index contributed by atoms with van der Waals surface area (Å²) in [5.41, 5.74) is 7.99. The van der Waals surface area contributed by atoms with Gasteiger partial charge in [-0.25, -0.2) is 9.97 Å². The summed E-state index contributed by atoms with van der Waals surface area (Å²) >= 11 is 0. The van der Waals surface area contributed by atoms with Gasteiger partial charge in [-0.15, -0.1) is 0 Å². The second kappa shape index (κ2) is 9.95. The molecule has 12 nitrogen and oxygen atoms in total. The minimum atomic E-state index is -0.479. The highest BCUT2D eigenvalue weighted by Crippen LogP contribution is 2.40. The average molecular weight is 476 g/mol. The van der Waals surface area contributed by atoms with Crippen molar-refractivity contribution < 1.29 is 19.0 Å². The average Bonchev–Trinajstić information content (AvgIpc) is 3.38. The van der Waals surface area contributed by atoms with Crippen LogP contribution >= 0.6 is 0 Å². The first-order chi connectivity index (χ1) is 16.9. The van der Waals surface area contributed by atoms with Gasteiger partial charge in [0.15, 0.2) is 17.3 Å². The third-order valence-electron chi connectivity index (χ3n) is 5.17. The molecule has 2 heterocycles. The number of methoxy groups -OCH3 is 3. The highest BCUT2D eigenvalue weighted by molar-refractivity contribution is 5.93. The topological polar surface area (TPSA) is 153 Å². The van der Waals surface area contributed by atoms with Crippen LogP contribution in [0.2, 0.25) is 0 Å². The SMILES string of the molecule is COc1cc(Nc2ncnc(N(C)c3cc(-c4ccc(C(N)=O)cc4)[nH]n3)n2)cc(OC)c1OC. The zero-order chi connectivity index (χ0) is 24.9. The molecule has 0 saturated heterocycles. The molecule has 0 unspecified atom stereocenters. The molecule has 0 saturated carbocycles. The first kappa shape index (κ1) is 23.3.